The Bertz CT molecular complexity index is 1940. The Morgan fingerprint density at radius 2 is 1.89 bits per heavy atom. The van der Waals surface area contributed by atoms with Crippen LogP contribution in [0.3, 0.4) is 0 Å². The second-order valence-electron chi connectivity index (χ2n) is 11.1. The third-order valence-electron chi connectivity index (χ3n) is 7.86. The lowest BCUT2D eigenvalue weighted by atomic mass is 9.95. The monoisotopic (exact) mass is 655 g/mol. The third kappa shape index (κ3) is 6.55. The molecule has 16 heteroatoms. The largest absolute Gasteiger partial charge is 0.480 e. The van der Waals surface area contributed by atoms with Gasteiger partial charge in [-0.05, 0) is 47.9 Å². The zero-order valence-corrected chi connectivity index (χ0v) is 25.8. The highest BCUT2D eigenvalue weighted by atomic mass is 32.2. The van der Waals surface area contributed by atoms with Gasteiger partial charge in [-0.25, -0.2) is 37.6 Å². The molecule has 4 aromatic rings. The van der Waals surface area contributed by atoms with Crippen molar-refractivity contribution in [2.75, 3.05) is 55.8 Å². The van der Waals surface area contributed by atoms with Crippen molar-refractivity contribution in [2.45, 2.75) is 19.5 Å². The van der Waals surface area contributed by atoms with Crippen LogP contribution in [0.25, 0.3) is 22.2 Å². The van der Waals surface area contributed by atoms with Crippen LogP contribution in [-0.2, 0) is 34.3 Å². The molecule has 0 saturated carbocycles. The first-order valence-corrected chi connectivity index (χ1v) is 16.2. The molecule has 4 heterocycles. The summed E-state index contributed by atoms with van der Waals surface area (Å²) in [5, 5.41) is 9.34. The summed E-state index contributed by atoms with van der Waals surface area (Å²) in [5.74, 6) is -1.47. The van der Waals surface area contributed by atoms with E-state index in [0.29, 0.717) is 84.1 Å². The predicted octanol–water partition coefficient (Wildman–Crippen LogP) is 2.86. The van der Waals surface area contributed by atoms with E-state index in [0.717, 1.165) is 12.3 Å². The molecule has 2 aromatic carbocycles. The van der Waals surface area contributed by atoms with E-state index in [4.69, 9.17) is 24.6 Å². The SMILES string of the molecule is COc1ncc(-c2nc(N3CCOCC3)nc3c(CN4CCc5cc(C(=O)NO)cc(F)c5C4)cc(F)cc23)cc1NS(C)(=O)=O. The van der Waals surface area contributed by atoms with Crippen molar-refractivity contribution in [2.24, 2.45) is 0 Å². The van der Waals surface area contributed by atoms with Crippen LogP contribution in [0.1, 0.15) is 27.0 Å². The fourth-order valence-corrected chi connectivity index (χ4v) is 6.31. The molecule has 1 amide bonds. The van der Waals surface area contributed by atoms with Gasteiger partial charge in [-0.2, -0.15) is 0 Å². The minimum absolute atomic E-state index is 0.0195. The number of morpholine rings is 1. The third-order valence-corrected chi connectivity index (χ3v) is 8.45. The van der Waals surface area contributed by atoms with Crippen molar-refractivity contribution in [1.29, 1.82) is 0 Å². The Morgan fingerprint density at radius 1 is 1.11 bits per heavy atom. The maximum Gasteiger partial charge on any atom is 0.274 e. The van der Waals surface area contributed by atoms with Crippen molar-refractivity contribution in [3.05, 3.63) is 70.4 Å². The van der Waals surface area contributed by atoms with Crippen LogP contribution < -0.4 is 19.8 Å². The van der Waals surface area contributed by atoms with Crippen LogP contribution in [0.4, 0.5) is 20.4 Å². The summed E-state index contributed by atoms with van der Waals surface area (Å²) in [6.07, 6.45) is 2.91. The molecule has 6 rings (SSSR count). The van der Waals surface area contributed by atoms with Gasteiger partial charge in [0.15, 0.2) is 0 Å². The van der Waals surface area contributed by atoms with E-state index >= 15 is 8.78 Å². The smallest absolute Gasteiger partial charge is 0.274 e. The second kappa shape index (κ2) is 12.7. The molecule has 2 aliphatic rings. The lowest BCUT2D eigenvalue weighted by molar-refractivity contribution is 0.0705. The van der Waals surface area contributed by atoms with Crippen LogP contribution in [0.15, 0.2) is 36.5 Å². The van der Waals surface area contributed by atoms with Crippen LogP contribution in [0.5, 0.6) is 5.88 Å². The standard InChI is InChI=1S/C30H31F2N7O6S/c1-44-29-25(37-46(2,42)43)12-19(14-33-29)26-22-13-21(31)10-20(27(22)35-30(34-26)39-5-7-45-8-6-39)15-38-4-3-17-9-18(28(40)36-41)11-24(32)23(17)16-38/h9-14,37,41H,3-8,15-16H2,1-2H3,(H,36,40). The van der Waals surface area contributed by atoms with Crippen LogP contribution in [0, 0.1) is 11.6 Å². The summed E-state index contributed by atoms with van der Waals surface area (Å²) in [7, 11) is -2.32. The highest BCUT2D eigenvalue weighted by molar-refractivity contribution is 7.92. The molecular formula is C30H31F2N7O6S. The van der Waals surface area contributed by atoms with E-state index in [1.165, 1.54) is 37.0 Å². The molecule has 1 fully saturated rings. The molecular weight excluding hydrogens is 624 g/mol. The van der Waals surface area contributed by atoms with Crippen molar-refractivity contribution in [1.82, 2.24) is 25.3 Å². The summed E-state index contributed by atoms with van der Waals surface area (Å²) in [6, 6.07) is 6.88. The van der Waals surface area contributed by atoms with E-state index in [1.807, 2.05) is 9.80 Å². The van der Waals surface area contributed by atoms with Gasteiger partial charge < -0.3 is 14.4 Å². The van der Waals surface area contributed by atoms with Crippen molar-refractivity contribution < 1.29 is 36.7 Å². The van der Waals surface area contributed by atoms with Gasteiger partial charge >= 0.3 is 0 Å². The number of hydrogen-bond donors (Lipinski definition) is 3. The number of anilines is 2. The zero-order chi connectivity index (χ0) is 32.6. The van der Waals surface area contributed by atoms with E-state index in [9.17, 15) is 13.2 Å². The van der Waals surface area contributed by atoms with Gasteiger partial charge in [-0.15, -0.1) is 0 Å². The molecule has 3 N–H and O–H groups in total. The number of aromatic nitrogens is 3. The maximum atomic E-state index is 15.3. The number of ether oxygens (including phenoxy) is 2. The number of hydrogen-bond acceptors (Lipinski definition) is 11. The van der Waals surface area contributed by atoms with Crippen LogP contribution in [-0.4, -0.2) is 85.6 Å². The first kappa shape index (κ1) is 31.5. The molecule has 0 unspecified atom stereocenters. The summed E-state index contributed by atoms with van der Waals surface area (Å²) in [4.78, 5) is 29.7. The number of hydroxylamine groups is 1. The van der Waals surface area contributed by atoms with Gasteiger partial charge in [-0.3, -0.25) is 19.6 Å². The summed E-state index contributed by atoms with van der Waals surface area (Å²) in [6.45, 7) is 2.93. The number of benzene rings is 2. The number of nitrogens with zero attached hydrogens (tertiary/aromatic N) is 5. The van der Waals surface area contributed by atoms with E-state index in [1.54, 1.807) is 6.07 Å². The molecule has 1 saturated heterocycles. The topological polar surface area (TPSA) is 159 Å². The lowest BCUT2D eigenvalue weighted by Crippen LogP contribution is -2.37. The number of amides is 1. The first-order chi connectivity index (χ1) is 22.0. The maximum absolute atomic E-state index is 15.3. The Balaban J connectivity index is 1.44. The van der Waals surface area contributed by atoms with Gasteiger partial charge in [0, 0.05) is 61.0 Å². The first-order valence-electron chi connectivity index (χ1n) is 14.4. The van der Waals surface area contributed by atoms with Crippen molar-refractivity contribution >= 4 is 38.5 Å². The Hall–Kier alpha value is -4.51. The molecule has 0 spiro atoms. The van der Waals surface area contributed by atoms with E-state index in [-0.39, 0.29) is 30.2 Å². The molecule has 2 aliphatic heterocycles. The predicted molar refractivity (Wildman–Crippen MR) is 164 cm³/mol. The van der Waals surface area contributed by atoms with E-state index < -0.39 is 27.6 Å². The molecule has 2 aromatic heterocycles. The number of carbonyl (C=O) groups is 1. The Labute approximate surface area is 263 Å². The molecule has 13 nitrogen and oxygen atoms in total. The Morgan fingerprint density at radius 3 is 2.61 bits per heavy atom. The lowest BCUT2D eigenvalue weighted by Gasteiger charge is -2.30. The van der Waals surface area contributed by atoms with Gasteiger partial charge in [0.2, 0.25) is 21.9 Å². The molecule has 0 radical (unpaired) electrons. The zero-order valence-electron chi connectivity index (χ0n) is 25.0. The normalized spacial score (nSPS) is 15.5. The summed E-state index contributed by atoms with van der Waals surface area (Å²) in [5.41, 5.74) is 4.47. The molecule has 242 valence electrons. The van der Waals surface area contributed by atoms with Gasteiger partial charge in [0.05, 0.1) is 37.8 Å². The van der Waals surface area contributed by atoms with Crippen molar-refractivity contribution in [3.63, 3.8) is 0 Å². The number of rotatable bonds is 8. The molecule has 0 atom stereocenters. The van der Waals surface area contributed by atoms with E-state index in [2.05, 4.69) is 9.71 Å². The average molecular weight is 656 g/mol. The second-order valence-corrected chi connectivity index (χ2v) is 12.8. The fourth-order valence-electron chi connectivity index (χ4n) is 5.76. The number of carbonyl (C=O) groups excluding carboxylic acids is 1. The number of nitrogens with one attached hydrogen (secondary N) is 2. The number of halogens is 2. The minimum atomic E-state index is -3.69. The minimum Gasteiger partial charge on any atom is -0.480 e. The number of fused-ring (bicyclic) bond motifs is 2. The van der Waals surface area contributed by atoms with Gasteiger partial charge in [0.25, 0.3) is 5.91 Å². The quantitative estimate of drug-likeness (QED) is 0.189. The van der Waals surface area contributed by atoms with Gasteiger partial charge in [-0.1, -0.05) is 0 Å². The Kier molecular flexibility index (Phi) is 8.69. The summed E-state index contributed by atoms with van der Waals surface area (Å²) >= 11 is 0. The highest BCUT2D eigenvalue weighted by Gasteiger charge is 2.25. The molecule has 0 bridgehead atoms. The average Bonchev–Trinajstić information content (AvgIpc) is 3.03. The van der Waals surface area contributed by atoms with Crippen LogP contribution >= 0.6 is 0 Å². The highest BCUT2D eigenvalue weighted by Crippen LogP contribution is 2.35. The number of methoxy groups -OCH3 is 1. The number of pyridine rings is 1. The summed E-state index contributed by atoms with van der Waals surface area (Å²) < 4.78 is 67.8. The molecule has 46 heavy (non-hydrogen) atoms. The van der Waals surface area contributed by atoms with Crippen LogP contribution in [0.2, 0.25) is 0 Å². The van der Waals surface area contributed by atoms with Gasteiger partial charge in [0.1, 0.15) is 17.3 Å². The fraction of sp³-hybridized carbons (Fsp3) is 0.333. The molecule has 0 aliphatic carbocycles. The van der Waals surface area contributed by atoms with Crippen molar-refractivity contribution in [3.8, 4) is 17.1 Å². The number of sulfonamides is 1.